The normalized spacial score (nSPS) is 11.5. The molecule has 0 saturated carbocycles. The fraction of sp³-hybridized carbons (Fsp3) is 0.120. The maximum atomic E-state index is 12.8. The number of primary amides is 1. The SMILES string of the molecule is CC(C)c1ccc(C(=O)c2ccc(-c3cnc4[nH]cc(/C=C/C(N)=O)c4n3)cc2)cc1. The van der Waals surface area contributed by atoms with E-state index in [-0.39, 0.29) is 5.78 Å². The van der Waals surface area contributed by atoms with Gasteiger partial charge in [-0.05, 0) is 17.6 Å². The maximum Gasteiger partial charge on any atom is 0.241 e. The largest absolute Gasteiger partial charge is 0.366 e. The zero-order valence-electron chi connectivity index (χ0n) is 17.3. The van der Waals surface area contributed by atoms with Crippen molar-refractivity contribution in [3.05, 3.63) is 89.3 Å². The molecule has 154 valence electrons. The smallest absolute Gasteiger partial charge is 0.241 e. The molecule has 0 saturated heterocycles. The molecule has 0 bridgehead atoms. The Morgan fingerprint density at radius 1 is 1.00 bits per heavy atom. The molecular weight excluding hydrogens is 388 g/mol. The lowest BCUT2D eigenvalue weighted by Gasteiger charge is -2.07. The predicted molar refractivity (Wildman–Crippen MR) is 122 cm³/mol. The van der Waals surface area contributed by atoms with Crippen LogP contribution in [0.15, 0.2) is 67.0 Å². The van der Waals surface area contributed by atoms with Crippen molar-refractivity contribution in [2.75, 3.05) is 0 Å². The number of aromatic amines is 1. The Morgan fingerprint density at radius 3 is 2.26 bits per heavy atom. The third-order valence-electron chi connectivity index (χ3n) is 5.12. The first-order valence-corrected chi connectivity index (χ1v) is 9.99. The van der Waals surface area contributed by atoms with Crippen molar-refractivity contribution >= 4 is 28.9 Å². The summed E-state index contributed by atoms with van der Waals surface area (Å²) < 4.78 is 0. The number of nitrogens with two attached hydrogens (primary N) is 1. The Morgan fingerprint density at radius 2 is 1.65 bits per heavy atom. The van der Waals surface area contributed by atoms with Gasteiger partial charge in [0, 0.05) is 34.5 Å². The molecular formula is C25H22N4O2. The molecule has 0 atom stereocenters. The number of hydrogen-bond donors (Lipinski definition) is 2. The Bertz CT molecular complexity index is 1280. The lowest BCUT2D eigenvalue weighted by molar-refractivity contribution is -0.113. The third kappa shape index (κ3) is 4.28. The van der Waals surface area contributed by atoms with Crippen LogP contribution in [0.1, 0.15) is 46.8 Å². The van der Waals surface area contributed by atoms with Gasteiger partial charge in [-0.2, -0.15) is 0 Å². The fourth-order valence-electron chi connectivity index (χ4n) is 3.33. The van der Waals surface area contributed by atoms with Crippen molar-refractivity contribution in [2.24, 2.45) is 5.73 Å². The number of hydrogen-bond acceptors (Lipinski definition) is 4. The Labute approximate surface area is 179 Å². The average Bonchev–Trinajstić information content (AvgIpc) is 3.19. The molecule has 2 heterocycles. The zero-order valence-corrected chi connectivity index (χ0v) is 17.3. The third-order valence-corrected chi connectivity index (χ3v) is 5.12. The van der Waals surface area contributed by atoms with E-state index < -0.39 is 5.91 Å². The first kappa shape index (κ1) is 20.2. The van der Waals surface area contributed by atoms with E-state index in [4.69, 9.17) is 5.73 Å². The summed E-state index contributed by atoms with van der Waals surface area (Å²) in [5.74, 6) is -0.126. The van der Waals surface area contributed by atoms with Crippen molar-refractivity contribution in [1.29, 1.82) is 0 Å². The zero-order chi connectivity index (χ0) is 22.0. The van der Waals surface area contributed by atoms with Crippen LogP contribution < -0.4 is 5.73 Å². The highest BCUT2D eigenvalue weighted by molar-refractivity contribution is 6.09. The lowest BCUT2D eigenvalue weighted by Crippen LogP contribution is -2.05. The van der Waals surface area contributed by atoms with E-state index in [2.05, 4.69) is 28.8 Å². The Hall–Kier alpha value is -4.06. The topological polar surface area (TPSA) is 102 Å². The first-order valence-electron chi connectivity index (χ1n) is 9.99. The van der Waals surface area contributed by atoms with Gasteiger partial charge in [0.2, 0.25) is 5.91 Å². The molecule has 0 aliphatic heterocycles. The van der Waals surface area contributed by atoms with Crippen LogP contribution >= 0.6 is 0 Å². The van der Waals surface area contributed by atoms with Gasteiger partial charge >= 0.3 is 0 Å². The quantitative estimate of drug-likeness (QED) is 0.361. The highest BCUT2D eigenvalue weighted by atomic mass is 16.1. The number of amides is 1. The van der Waals surface area contributed by atoms with Gasteiger partial charge in [-0.1, -0.05) is 62.4 Å². The van der Waals surface area contributed by atoms with Crippen molar-refractivity contribution in [1.82, 2.24) is 15.0 Å². The molecule has 0 spiro atoms. The van der Waals surface area contributed by atoms with Crippen molar-refractivity contribution in [3.63, 3.8) is 0 Å². The number of carbonyl (C=O) groups excluding carboxylic acids is 2. The number of nitrogens with one attached hydrogen (secondary N) is 1. The number of ketones is 1. The van der Waals surface area contributed by atoms with Crippen LogP contribution in [0.2, 0.25) is 0 Å². The minimum atomic E-state index is -0.530. The van der Waals surface area contributed by atoms with Crippen LogP contribution in [0.5, 0.6) is 0 Å². The Balaban J connectivity index is 1.60. The van der Waals surface area contributed by atoms with Crippen LogP contribution in [-0.2, 0) is 4.79 Å². The number of benzene rings is 2. The molecule has 4 rings (SSSR count). The monoisotopic (exact) mass is 410 g/mol. The number of rotatable bonds is 6. The van der Waals surface area contributed by atoms with Gasteiger partial charge in [0.05, 0.1) is 11.9 Å². The summed E-state index contributed by atoms with van der Waals surface area (Å²) in [5, 5.41) is 0. The molecule has 4 aromatic rings. The second-order valence-corrected chi connectivity index (χ2v) is 7.62. The number of aromatic nitrogens is 3. The molecule has 1 amide bonds. The number of carbonyl (C=O) groups is 2. The van der Waals surface area contributed by atoms with E-state index in [1.54, 1.807) is 30.6 Å². The molecule has 2 aromatic heterocycles. The van der Waals surface area contributed by atoms with Gasteiger partial charge in [-0.3, -0.25) is 9.59 Å². The minimum Gasteiger partial charge on any atom is -0.366 e. The summed E-state index contributed by atoms with van der Waals surface area (Å²) in [6.07, 6.45) is 6.28. The van der Waals surface area contributed by atoms with Gasteiger partial charge in [-0.15, -0.1) is 0 Å². The van der Waals surface area contributed by atoms with Gasteiger partial charge in [0.25, 0.3) is 0 Å². The van der Waals surface area contributed by atoms with Gasteiger partial charge in [-0.25, -0.2) is 9.97 Å². The molecule has 0 radical (unpaired) electrons. The molecule has 0 unspecified atom stereocenters. The van der Waals surface area contributed by atoms with Gasteiger partial charge in [0.15, 0.2) is 11.4 Å². The summed E-state index contributed by atoms with van der Waals surface area (Å²) in [5.41, 5.74) is 11.1. The van der Waals surface area contributed by atoms with Crippen LogP contribution in [0, 0.1) is 0 Å². The maximum absolute atomic E-state index is 12.8. The molecule has 6 nitrogen and oxygen atoms in total. The molecule has 3 N–H and O–H groups in total. The summed E-state index contributed by atoms with van der Waals surface area (Å²) >= 11 is 0. The molecule has 6 heteroatoms. The number of nitrogens with zero attached hydrogens (tertiary/aromatic N) is 2. The standard InChI is InChI=1S/C25H22N4O2/c1-15(2)16-3-7-18(8-4-16)24(31)19-9-5-17(6-10-19)21-14-28-25-23(29-21)20(13-27-25)11-12-22(26)30/h3-15H,1-2H3,(H2,26,30)(H,27,28)/b12-11+. The van der Waals surface area contributed by atoms with Crippen molar-refractivity contribution in [2.45, 2.75) is 19.8 Å². The molecule has 0 fully saturated rings. The van der Waals surface area contributed by atoms with E-state index in [9.17, 15) is 9.59 Å². The van der Waals surface area contributed by atoms with E-state index >= 15 is 0 Å². The summed E-state index contributed by atoms with van der Waals surface area (Å²) in [6, 6.07) is 15.1. The van der Waals surface area contributed by atoms with Crippen LogP contribution in [0.3, 0.4) is 0 Å². The molecule has 0 aliphatic rings. The Kier molecular flexibility index (Phi) is 5.45. The van der Waals surface area contributed by atoms with E-state index in [0.717, 1.165) is 11.1 Å². The van der Waals surface area contributed by atoms with Crippen LogP contribution in [0.4, 0.5) is 0 Å². The van der Waals surface area contributed by atoms with Crippen LogP contribution in [0.25, 0.3) is 28.5 Å². The predicted octanol–water partition coefficient (Wildman–Crippen LogP) is 4.48. The number of fused-ring (bicyclic) bond motifs is 1. The highest BCUT2D eigenvalue weighted by Crippen LogP contribution is 2.23. The van der Waals surface area contributed by atoms with E-state index in [0.29, 0.717) is 33.9 Å². The van der Waals surface area contributed by atoms with E-state index in [1.807, 2.05) is 36.4 Å². The molecule has 31 heavy (non-hydrogen) atoms. The second kappa shape index (κ2) is 8.36. The lowest BCUT2D eigenvalue weighted by atomic mass is 9.97. The average molecular weight is 410 g/mol. The first-order chi connectivity index (χ1) is 14.9. The van der Waals surface area contributed by atoms with Crippen molar-refractivity contribution in [3.8, 4) is 11.3 Å². The summed E-state index contributed by atoms with van der Waals surface area (Å²) in [6.45, 7) is 4.25. The van der Waals surface area contributed by atoms with Crippen molar-refractivity contribution < 1.29 is 9.59 Å². The fourth-order valence-corrected chi connectivity index (χ4v) is 3.33. The number of H-pyrrole nitrogens is 1. The summed E-state index contributed by atoms with van der Waals surface area (Å²) in [7, 11) is 0. The van der Waals surface area contributed by atoms with Crippen LogP contribution in [-0.4, -0.2) is 26.6 Å². The van der Waals surface area contributed by atoms with Gasteiger partial charge in [0.1, 0.15) is 5.52 Å². The molecule has 0 aliphatic carbocycles. The second-order valence-electron chi connectivity index (χ2n) is 7.62. The minimum absolute atomic E-state index is 0.0205. The molecule has 2 aromatic carbocycles. The highest BCUT2D eigenvalue weighted by Gasteiger charge is 2.12. The summed E-state index contributed by atoms with van der Waals surface area (Å²) in [4.78, 5) is 35.9. The van der Waals surface area contributed by atoms with E-state index in [1.165, 1.54) is 11.6 Å². The van der Waals surface area contributed by atoms with Gasteiger partial charge < -0.3 is 10.7 Å².